The first kappa shape index (κ1) is 23.8. The molecule has 0 aliphatic heterocycles. The number of aromatic nitrogens is 1. The summed E-state index contributed by atoms with van der Waals surface area (Å²) in [5.74, 6) is -0.711. The van der Waals surface area contributed by atoms with Gasteiger partial charge in [-0.3, -0.25) is 4.79 Å². The smallest absolute Gasteiger partial charge is 0.268 e. The third-order valence-corrected chi connectivity index (χ3v) is 7.81. The number of hydrogen-bond acceptors (Lipinski definition) is 3. The van der Waals surface area contributed by atoms with Crippen molar-refractivity contribution in [2.75, 3.05) is 0 Å². The highest BCUT2D eigenvalue weighted by Gasteiger charge is 2.22. The lowest BCUT2D eigenvalue weighted by Crippen LogP contribution is -2.22. The molecule has 1 N–H and O–H groups in total. The van der Waals surface area contributed by atoms with Gasteiger partial charge in [-0.1, -0.05) is 54.1 Å². The number of fused-ring (bicyclic) bond motifs is 1. The Morgan fingerprint density at radius 2 is 1.53 bits per heavy atom. The molecule has 1 amide bonds. The molecule has 0 unspecified atom stereocenters. The van der Waals surface area contributed by atoms with E-state index < -0.39 is 10.0 Å². The molecule has 0 saturated carbocycles. The van der Waals surface area contributed by atoms with Gasteiger partial charge in [0.15, 0.2) is 0 Å². The van der Waals surface area contributed by atoms with E-state index >= 15 is 0 Å². The molecule has 180 valence electrons. The number of nitrogens with one attached hydrogen (secondary N) is 1. The van der Waals surface area contributed by atoms with Crippen LogP contribution in [-0.4, -0.2) is 18.3 Å². The summed E-state index contributed by atoms with van der Waals surface area (Å²) in [5, 5.41) is 4.13. The van der Waals surface area contributed by atoms with Crippen LogP contribution in [0.1, 0.15) is 15.9 Å². The monoisotopic (exact) mass is 518 g/mol. The molecule has 0 atom stereocenters. The first-order valence-corrected chi connectivity index (χ1v) is 12.9. The number of amides is 1. The minimum absolute atomic E-state index is 0.0565. The zero-order valence-corrected chi connectivity index (χ0v) is 20.4. The van der Waals surface area contributed by atoms with Crippen LogP contribution in [-0.2, 0) is 16.6 Å². The number of halogens is 2. The van der Waals surface area contributed by atoms with Gasteiger partial charge in [0.25, 0.3) is 15.9 Å². The van der Waals surface area contributed by atoms with Crippen LogP contribution in [0.3, 0.4) is 0 Å². The predicted molar refractivity (Wildman–Crippen MR) is 139 cm³/mol. The van der Waals surface area contributed by atoms with Crippen molar-refractivity contribution in [1.29, 1.82) is 0 Å². The van der Waals surface area contributed by atoms with Gasteiger partial charge < -0.3 is 5.32 Å². The summed E-state index contributed by atoms with van der Waals surface area (Å²) >= 11 is 6.02. The van der Waals surface area contributed by atoms with Crippen LogP contribution in [0.25, 0.3) is 22.0 Å². The van der Waals surface area contributed by atoms with Crippen LogP contribution in [0.4, 0.5) is 4.39 Å². The average Bonchev–Trinajstić information content (AvgIpc) is 3.29. The van der Waals surface area contributed by atoms with E-state index in [0.717, 1.165) is 22.1 Å². The molecule has 0 aliphatic rings. The summed E-state index contributed by atoms with van der Waals surface area (Å²) in [4.78, 5) is 12.6. The number of rotatable bonds is 6. The van der Waals surface area contributed by atoms with Gasteiger partial charge in [0.05, 0.1) is 10.4 Å². The fourth-order valence-corrected chi connectivity index (χ4v) is 5.48. The van der Waals surface area contributed by atoms with E-state index in [0.29, 0.717) is 16.1 Å². The van der Waals surface area contributed by atoms with Crippen LogP contribution < -0.4 is 5.32 Å². The van der Waals surface area contributed by atoms with Crippen LogP contribution in [0.2, 0.25) is 5.02 Å². The highest BCUT2D eigenvalue weighted by molar-refractivity contribution is 7.90. The molecule has 1 heterocycles. The maximum absolute atomic E-state index is 13.6. The van der Waals surface area contributed by atoms with Crippen LogP contribution in [0.15, 0.2) is 108 Å². The SMILES string of the molecule is O=C(NCc1ccc(F)cc1)c1ccc(S(=O)(=O)n2cc(-c3ccc(Cl)cc3)c3ccccc32)cc1. The van der Waals surface area contributed by atoms with E-state index in [9.17, 15) is 17.6 Å². The second-order valence-corrected chi connectivity index (χ2v) is 10.5. The van der Waals surface area contributed by atoms with E-state index in [1.54, 1.807) is 42.6 Å². The Morgan fingerprint density at radius 3 is 2.22 bits per heavy atom. The number of carbonyl (C=O) groups is 1. The minimum Gasteiger partial charge on any atom is -0.348 e. The Morgan fingerprint density at radius 1 is 0.861 bits per heavy atom. The molecule has 36 heavy (non-hydrogen) atoms. The van der Waals surface area contributed by atoms with Crippen molar-refractivity contribution in [3.8, 4) is 11.1 Å². The Hall–Kier alpha value is -3.94. The van der Waals surface area contributed by atoms with E-state index in [2.05, 4.69) is 5.32 Å². The molecular weight excluding hydrogens is 499 g/mol. The van der Waals surface area contributed by atoms with E-state index in [1.807, 2.05) is 24.3 Å². The minimum atomic E-state index is -3.94. The largest absolute Gasteiger partial charge is 0.348 e. The molecule has 0 bridgehead atoms. The zero-order valence-electron chi connectivity index (χ0n) is 18.9. The van der Waals surface area contributed by atoms with Crippen molar-refractivity contribution in [2.24, 2.45) is 0 Å². The van der Waals surface area contributed by atoms with E-state index in [-0.39, 0.29) is 23.2 Å². The summed E-state index contributed by atoms with van der Waals surface area (Å²) in [6.45, 7) is 0.224. The first-order valence-electron chi connectivity index (χ1n) is 11.1. The van der Waals surface area contributed by atoms with Gasteiger partial charge in [-0.15, -0.1) is 0 Å². The zero-order chi connectivity index (χ0) is 25.3. The molecule has 1 aromatic heterocycles. The Bertz CT molecular complexity index is 1660. The second kappa shape index (κ2) is 9.60. The Kier molecular flexibility index (Phi) is 6.35. The molecule has 5 rings (SSSR count). The van der Waals surface area contributed by atoms with Gasteiger partial charge in [0, 0.05) is 34.3 Å². The third kappa shape index (κ3) is 4.63. The molecule has 0 spiro atoms. The van der Waals surface area contributed by atoms with Gasteiger partial charge in [-0.05, 0) is 65.7 Å². The number of nitrogens with zero attached hydrogens (tertiary/aromatic N) is 1. The summed E-state index contributed by atoms with van der Waals surface area (Å²) in [6, 6.07) is 26.1. The van der Waals surface area contributed by atoms with Crippen LogP contribution in [0.5, 0.6) is 0 Å². The predicted octanol–water partition coefficient (Wildman–Crippen LogP) is 6.27. The lowest BCUT2D eigenvalue weighted by Gasteiger charge is -2.09. The maximum Gasteiger partial charge on any atom is 0.268 e. The molecular formula is C28H20ClFN2O3S. The molecule has 8 heteroatoms. The lowest BCUT2D eigenvalue weighted by atomic mass is 10.1. The van der Waals surface area contributed by atoms with Crippen molar-refractivity contribution < 1.29 is 17.6 Å². The number of benzene rings is 4. The quantitative estimate of drug-likeness (QED) is 0.288. The van der Waals surface area contributed by atoms with Gasteiger partial charge in [-0.25, -0.2) is 16.8 Å². The summed E-state index contributed by atoms with van der Waals surface area (Å²) in [6.07, 6.45) is 1.60. The number of carbonyl (C=O) groups excluding carboxylic acids is 1. The van der Waals surface area contributed by atoms with Gasteiger partial charge in [-0.2, -0.15) is 0 Å². The molecule has 0 fully saturated rings. The fourth-order valence-electron chi connectivity index (χ4n) is 3.99. The third-order valence-electron chi connectivity index (χ3n) is 5.87. The molecule has 0 aliphatic carbocycles. The molecule has 5 aromatic rings. The number of para-hydroxylation sites is 1. The molecule has 5 nitrogen and oxygen atoms in total. The van der Waals surface area contributed by atoms with Crippen molar-refractivity contribution >= 4 is 38.4 Å². The standard InChI is InChI=1S/C28H20ClFN2O3S/c29-22-11-7-20(8-12-22)26-18-32(27-4-2-1-3-25(26)27)36(34,35)24-15-9-21(10-16-24)28(33)31-17-19-5-13-23(30)14-6-19/h1-16,18H,17H2,(H,31,33). The second-order valence-electron chi connectivity index (χ2n) is 8.20. The normalized spacial score (nSPS) is 11.5. The molecule has 4 aromatic carbocycles. The maximum atomic E-state index is 13.6. The summed E-state index contributed by atoms with van der Waals surface area (Å²) in [5.41, 5.74) is 3.22. The Balaban J connectivity index is 1.43. The lowest BCUT2D eigenvalue weighted by molar-refractivity contribution is 0.0951. The van der Waals surface area contributed by atoms with Crippen LogP contribution in [0, 0.1) is 5.82 Å². The van der Waals surface area contributed by atoms with Gasteiger partial charge in [0.2, 0.25) is 0 Å². The van der Waals surface area contributed by atoms with Gasteiger partial charge >= 0.3 is 0 Å². The number of hydrogen-bond donors (Lipinski definition) is 1. The van der Waals surface area contributed by atoms with E-state index in [4.69, 9.17) is 11.6 Å². The first-order chi connectivity index (χ1) is 17.3. The van der Waals surface area contributed by atoms with Crippen molar-refractivity contribution in [3.63, 3.8) is 0 Å². The van der Waals surface area contributed by atoms with E-state index in [1.165, 1.54) is 40.4 Å². The highest BCUT2D eigenvalue weighted by Crippen LogP contribution is 2.33. The topological polar surface area (TPSA) is 68.2 Å². The highest BCUT2D eigenvalue weighted by atomic mass is 35.5. The summed E-state index contributed by atoms with van der Waals surface area (Å²) < 4.78 is 41.5. The van der Waals surface area contributed by atoms with Gasteiger partial charge in [0.1, 0.15) is 5.82 Å². The summed E-state index contributed by atoms with van der Waals surface area (Å²) in [7, 11) is -3.94. The van der Waals surface area contributed by atoms with Crippen molar-refractivity contribution in [3.05, 3.63) is 125 Å². The molecule has 0 radical (unpaired) electrons. The van der Waals surface area contributed by atoms with Crippen molar-refractivity contribution in [1.82, 2.24) is 9.29 Å². The fraction of sp³-hybridized carbons (Fsp3) is 0.0357. The molecule has 0 saturated heterocycles. The van der Waals surface area contributed by atoms with Crippen LogP contribution >= 0.6 is 11.6 Å². The average molecular weight is 519 g/mol. The van der Waals surface area contributed by atoms with Crippen molar-refractivity contribution in [2.45, 2.75) is 11.4 Å². The Labute approximate surface area is 212 Å².